The van der Waals surface area contributed by atoms with Crippen molar-refractivity contribution in [2.75, 3.05) is 26.2 Å². The van der Waals surface area contributed by atoms with E-state index >= 15 is 0 Å². The van der Waals surface area contributed by atoms with Crippen molar-refractivity contribution in [2.24, 2.45) is 0 Å². The average Bonchev–Trinajstić information content (AvgIpc) is 2.65. The summed E-state index contributed by atoms with van der Waals surface area (Å²) in [5.74, 6) is 0.400. The molecule has 4 rings (SSSR count). The first-order chi connectivity index (χ1) is 12.8. The van der Waals surface area contributed by atoms with Gasteiger partial charge in [-0.3, -0.25) is 14.8 Å². The molecule has 2 aliphatic rings. The van der Waals surface area contributed by atoms with Crippen LogP contribution in [0.15, 0.2) is 53.1 Å². The van der Waals surface area contributed by atoms with Gasteiger partial charge in [-0.25, -0.2) is 0 Å². The minimum Gasteiger partial charge on any atom is -0.395 e. The standard InChI is InChI=1S/C21H26BrN3O/c22-17-8-6-16(7-9-17)21-19-14-24(13-18-5-1-2-10-23-18)11-3-4-12-25(19)20(21)15-26/h1-2,5-10,19-21,26H,3-4,11-15H2/t19-,20-,21-/m0/s1. The van der Waals surface area contributed by atoms with E-state index in [0.29, 0.717) is 12.0 Å². The van der Waals surface area contributed by atoms with Gasteiger partial charge in [0, 0.05) is 41.8 Å². The van der Waals surface area contributed by atoms with Crippen molar-refractivity contribution in [2.45, 2.75) is 37.4 Å². The zero-order valence-corrected chi connectivity index (χ0v) is 16.6. The number of benzene rings is 1. The SMILES string of the molecule is OC[C@H]1[C@@H](c2ccc(Br)cc2)[C@@H]2CN(Cc3ccccn3)CCCCN12. The highest BCUT2D eigenvalue weighted by Gasteiger charge is 2.48. The third-order valence-electron chi connectivity index (χ3n) is 5.82. The maximum atomic E-state index is 10.00. The summed E-state index contributed by atoms with van der Waals surface area (Å²) < 4.78 is 1.10. The number of pyridine rings is 1. The normalized spacial score (nSPS) is 27.2. The Morgan fingerprint density at radius 2 is 1.88 bits per heavy atom. The van der Waals surface area contributed by atoms with Crippen molar-refractivity contribution >= 4 is 15.9 Å². The zero-order chi connectivity index (χ0) is 17.9. The molecular formula is C21H26BrN3O. The van der Waals surface area contributed by atoms with Crippen LogP contribution in [-0.4, -0.2) is 58.2 Å². The second-order valence-electron chi connectivity index (χ2n) is 7.40. The number of halogens is 1. The van der Waals surface area contributed by atoms with Crippen molar-refractivity contribution in [3.8, 4) is 0 Å². The maximum absolute atomic E-state index is 10.00. The summed E-state index contributed by atoms with van der Waals surface area (Å²) in [6.07, 6.45) is 4.28. The number of aliphatic hydroxyl groups excluding tert-OH is 1. The molecule has 2 fully saturated rings. The van der Waals surface area contributed by atoms with Crippen LogP contribution in [0.4, 0.5) is 0 Å². The fourth-order valence-corrected chi connectivity index (χ4v) is 4.83. The van der Waals surface area contributed by atoms with Crippen LogP contribution in [0.5, 0.6) is 0 Å². The van der Waals surface area contributed by atoms with Crippen molar-refractivity contribution in [1.82, 2.24) is 14.8 Å². The van der Waals surface area contributed by atoms with Crippen LogP contribution in [0.2, 0.25) is 0 Å². The summed E-state index contributed by atoms with van der Waals surface area (Å²) >= 11 is 3.53. The molecule has 5 heteroatoms. The lowest BCUT2D eigenvalue weighted by Gasteiger charge is -2.57. The predicted molar refractivity (Wildman–Crippen MR) is 107 cm³/mol. The molecule has 0 bridgehead atoms. The minimum absolute atomic E-state index is 0.234. The third kappa shape index (κ3) is 3.72. The molecule has 3 heterocycles. The molecule has 0 unspecified atom stereocenters. The van der Waals surface area contributed by atoms with Gasteiger partial charge in [-0.1, -0.05) is 34.1 Å². The molecule has 1 aromatic heterocycles. The lowest BCUT2D eigenvalue weighted by Crippen LogP contribution is -2.67. The molecule has 1 aromatic carbocycles. The van der Waals surface area contributed by atoms with E-state index < -0.39 is 0 Å². The van der Waals surface area contributed by atoms with Crippen molar-refractivity contribution in [1.29, 1.82) is 0 Å². The summed E-state index contributed by atoms with van der Waals surface area (Å²) in [6, 6.07) is 15.5. The molecule has 3 atom stereocenters. The topological polar surface area (TPSA) is 39.6 Å². The number of aliphatic hydroxyl groups is 1. The Balaban J connectivity index is 1.54. The number of rotatable bonds is 4. The fourth-order valence-electron chi connectivity index (χ4n) is 4.56. The van der Waals surface area contributed by atoms with Crippen LogP contribution in [-0.2, 0) is 6.54 Å². The molecule has 4 nitrogen and oxygen atoms in total. The van der Waals surface area contributed by atoms with E-state index in [0.717, 1.165) is 36.3 Å². The Hall–Kier alpha value is -1.27. The monoisotopic (exact) mass is 415 g/mol. The molecule has 2 aliphatic heterocycles. The summed E-state index contributed by atoms with van der Waals surface area (Å²) in [4.78, 5) is 9.57. The summed E-state index contributed by atoms with van der Waals surface area (Å²) in [6.45, 7) is 4.39. The molecule has 0 aliphatic carbocycles. The Morgan fingerprint density at radius 3 is 2.62 bits per heavy atom. The van der Waals surface area contributed by atoms with Gasteiger partial charge < -0.3 is 5.11 Å². The first kappa shape index (κ1) is 18.1. The molecular weight excluding hydrogens is 390 g/mol. The second kappa shape index (κ2) is 8.17. The number of hydrogen-bond donors (Lipinski definition) is 1. The molecule has 0 spiro atoms. The van der Waals surface area contributed by atoms with Gasteiger partial charge in [-0.15, -0.1) is 0 Å². The Kier molecular flexibility index (Phi) is 5.69. The van der Waals surface area contributed by atoms with E-state index in [9.17, 15) is 5.11 Å². The molecule has 0 saturated carbocycles. The van der Waals surface area contributed by atoms with Crippen molar-refractivity contribution < 1.29 is 5.11 Å². The lowest BCUT2D eigenvalue weighted by atomic mass is 9.74. The zero-order valence-electron chi connectivity index (χ0n) is 15.0. The average molecular weight is 416 g/mol. The van der Waals surface area contributed by atoms with E-state index in [2.05, 4.69) is 67.1 Å². The predicted octanol–water partition coefficient (Wildman–Crippen LogP) is 3.27. The van der Waals surface area contributed by atoms with E-state index in [4.69, 9.17) is 0 Å². The van der Waals surface area contributed by atoms with Gasteiger partial charge in [0.1, 0.15) is 0 Å². The van der Waals surface area contributed by atoms with Crippen LogP contribution in [0, 0.1) is 0 Å². The van der Waals surface area contributed by atoms with E-state index in [1.54, 1.807) is 0 Å². The lowest BCUT2D eigenvalue weighted by molar-refractivity contribution is -0.0656. The number of hydrogen-bond acceptors (Lipinski definition) is 4. The van der Waals surface area contributed by atoms with Gasteiger partial charge in [-0.2, -0.15) is 0 Å². The summed E-state index contributed by atoms with van der Waals surface area (Å²) in [5.41, 5.74) is 2.48. The van der Waals surface area contributed by atoms with E-state index in [-0.39, 0.29) is 12.6 Å². The molecule has 138 valence electrons. The highest BCUT2D eigenvalue weighted by molar-refractivity contribution is 9.10. The van der Waals surface area contributed by atoms with E-state index in [1.165, 1.54) is 18.4 Å². The minimum atomic E-state index is 0.234. The largest absolute Gasteiger partial charge is 0.395 e. The van der Waals surface area contributed by atoms with Crippen molar-refractivity contribution in [3.63, 3.8) is 0 Å². The fraction of sp³-hybridized carbons (Fsp3) is 0.476. The van der Waals surface area contributed by atoms with Gasteiger partial charge in [0.25, 0.3) is 0 Å². The van der Waals surface area contributed by atoms with Gasteiger partial charge in [0.15, 0.2) is 0 Å². The van der Waals surface area contributed by atoms with Gasteiger partial charge in [-0.05, 0) is 55.8 Å². The van der Waals surface area contributed by atoms with Gasteiger partial charge >= 0.3 is 0 Å². The van der Waals surface area contributed by atoms with Crippen molar-refractivity contribution in [3.05, 3.63) is 64.4 Å². The molecule has 26 heavy (non-hydrogen) atoms. The first-order valence-electron chi connectivity index (χ1n) is 9.50. The van der Waals surface area contributed by atoms with Crippen LogP contribution in [0.3, 0.4) is 0 Å². The third-order valence-corrected chi connectivity index (χ3v) is 6.35. The quantitative estimate of drug-likeness (QED) is 0.831. The smallest absolute Gasteiger partial charge is 0.0593 e. The van der Waals surface area contributed by atoms with Gasteiger partial charge in [0.2, 0.25) is 0 Å². The molecule has 1 N–H and O–H groups in total. The Bertz CT molecular complexity index is 709. The Morgan fingerprint density at radius 1 is 1.08 bits per heavy atom. The second-order valence-corrected chi connectivity index (χ2v) is 8.31. The van der Waals surface area contributed by atoms with Crippen LogP contribution >= 0.6 is 15.9 Å². The van der Waals surface area contributed by atoms with Crippen LogP contribution < -0.4 is 0 Å². The number of nitrogens with zero attached hydrogens (tertiary/aromatic N) is 3. The highest BCUT2D eigenvalue weighted by Crippen LogP contribution is 2.42. The molecule has 2 aromatic rings. The molecule has 2 saturated heterocycles. The van der Waals surface area contributed by atoms with Gasteiger partial charge in [0.05, 0.1) is 12.3 Å². The summed E-state index contributed by atoms with van der Waals surface area (Å²) in [5, 5.41) is 10.00. The molecule has 0 amide bonds. The van der Waals surface area contributed by atoms with Crippen LogP contribution in [0.25, 0.3) is 0 Å². The maximum Gasteiger partial charge on any atom is 0.0593 e. The number of fused-ring (bicyclic) bond motifs is 1. The Labute approximate surface area is 164 Å². The van der Waals surface area contributed by atoms with Crippen LogP contribution in [0.1, 0.15) is 30.0 Å². The highest BCUT2D eigenvalue weighted by atomic mass is 79.9. The summed E-state index contributed by atoms with van der Waals surface area (Å²) in [7, 11) is 0. The van der Waals surface area contributed by atoms with E-state index in [1.807, 2.05) is 12.3 Å². The first-order valence-corrected chi connectivity index (χ1v) is 10.3. The molecule has 0 radical (unpaired) electrons. The number of aromatic nitrogens is 1.